The Morgan fingerprint density at radius 1 is 1.12 bits per heavy atom. The Kier molecular flexibility index (Phi) is 5.31. The van der Waals surface area contributed by atoms with Gasteiger partial charge in [0.15, 0.2) is 0 Å². The fraction of sp³-hybridized carbons (Fsp3) is 0.800. The molecule has 6 unspecified atom stereocenters. The van der Waals surface area contributed by atoms with E-state index in [4.69, 9.17) is 4.74 Å². The van der Waals surface area contributed by atoms with Crippen LogP contribution in [0.1, 0.15) is 65.2 Å². The van der Waals surface area contributed by atoms with Crippen LogP contribution < -0.4 is 0 Å². The van der Waals surface area contributed by atoms with Gasteiger partial charge in [-0.2, -0.15) is 0 Å². The van der Waals surface area contributed by atoms with Gasteiger partial charge in [0, 0.05) is 5.57 Å². The van der Waals surface area contributed by atoms with Crippen molar-refractivity contribution in [3.05, 3.63) is 11.6 Å². The minimum absolute atomic E-state index is 0.113. The van der Waals surface area contributed by atoms with Crippen molar-refractivity contribution in [2.24, 2.45) is 29.6 Å². The molecule has 4 nitrogen and oxygen atoms in total. The first-order chi connectivity index (χ1) is 11.5. The first kappa shape index (κ1) is 17.5. The lowest BCUT2D eigenvalue weighted by Gasteiger charge is -2.32. The number of carbonyl (C=O) groups is 2. The van der Waals surface area contributed by atoms with Crippen LogP contribution in [0.3, 0.4) is 0 Å². The molecule has 0 amide bonds. The summed E-state index contributed by atoms with van der Waals surface area (Å²) in [6.07, 6.45) is 10.3. The molecular formula is C20H30O4. The Bertz CT molecular complexity index is 524. The normalized spacial score (nSPS) is 39.0. The van der Waals surface area contributed by atoms with Crippen LogP contribution in [0.5, 0.6) is 0 Å². The number of carbonyl (C=O) groups excluding carboxylic acids is 1. The third-order valence-corrected chi connectivity index (χ3v) is 6.61. The van der Waals surface area contributed by atoms with E-state index in [1.807, 2.05) is 13.0 Å². The van der Waals surface area contributed by atoms with Gasteiger partial charge in [0.1, 0.15) is 6.10 Å². The summed E-state index contributed by atoms with van der Waals surface area (Å²) in [7, 11) is 0. The quantitative estimate of drug-likeness (QED) is 0.605. The minimum Gasteiger partial charge on any atom is -0.481 e. The zero-order valence-electron chi connectivity index (χ0n) is 14.9. The lowest BCUT2D eigenvalue weighted by Crippen LogP contribution is -2.30. The second-order valence-electron chi connectivity index (χ2n) is 8.15. The fourth-order valence-corrected chi connectivity index (χ4v) is 5.19. The van der Waals surface area contributed by atoms with Crippen LogP contribution in [0.2, 0.25) is 0 Å². The highest BCUT2D eigenvalue weighted by atomic mass is 16.5. The number of aliphatic carboxylic acids is 1. The van der Waals surface area contributed by atoms with Gasteiger partial charge >= 0.3 is 11.9 Å². The molecule has 3 fully saturated rings. The third-order valence-electron chi connectivity index (χ3n) is 6.61. The topological polar surface area (TPSA) is 63.6 Å². The second kappa shape index (κ2) is 7.28. The van der Waals surface area contributed by atoms with Gasteiger partial charge < -0.3 is 9.84 Å². The molecule has 3 aliphatic carbocycles. The molecule has 0 radical (unpaired) electrons. The molecule has 0 aromatic carbocycles. The van der Waals surface area contributed by atoms with E-state index in [0.29, 0.717) is 17.9 Å². The van der Waals surface area contributed by atoms with Crippen LogP contribution in [0.15, 0.2) is 11.6 Å². The highest BCUT2D eigenvalue weighted by Gasteiger charge is 2.42. The highest BCUT2D eigenvalue weighted by molar-refractivity contribution is 5.88. The Hall–Kier alpha value is -1.32. The summed E-state index contributed by atoms with van der Waals surface area (Å²) in [5, 5.41) is 9.44. The molecule has 0 heterocycles. The number of carboxylic acids is 1. The summed E-state index contributed by atoms with van der Waals surface area (Å²) >= 11 is 0. The average molecular weight is 334 g/mol. The molecular weight excluding hydrogens is 304 g/mol. The first-order valence-electron chi connectivity index (χ1n) is 9.60. The Labute approximate surface area is 144 Å². The van der Waals surface area contributed by atoms with Crippen molar-refractivity contribution in [3.8, 4) is 0 Å². The first-order valence-corrected chi connectivity index (χ1v) is 9.60. The highest BCUT2D eigenvalue weighted by Crippen LogP contribution is 2.46. The van der Waals surface area contributed by atoms with E-state index in [2.05, 4.69) is 6.92 Å². The number of hydrogen-bond acceptors (Lipinski definition) is 3. The van der Waals surface area contributed by atoms with E-state index in [1.165, 1.54) is 19.3 Å². The number of fused-ring (bicyclic) bond motifs is 2. The molecule has 0 aromatic heterocycles. The van der Waals surface area contributed by atoms with E-state index >= 15 is 0 Å². The van der Waals surface area contributed by atoms with Crippen molar-refractivity contribution in [1.82, 2.24) is 0 Å². The van der Waals surface area contributed by atoms with Crippen LogP contribution in [-0.2, 0) is 14.3 Å². The van der Waals surface area contributed by atoms with E-state index in [0.717, 1.165) is 31.6 Å². The van der Waals surface area contributed by atoms with Crippen molar-refractivity contribution in [2.45, 2.75) is 71.3 Å². The fourth-order valence-electron chi connectivity index (χ4n) is 5.19. The smallest absolute Gasteiger partial charge is 0.333 e. The molecule has 0 spiro atoms. The monoisotopic (exact) mass is 334 g/mol. The average Bonchev–Trinajstić information content (AvgIpc) is 3.17. The van der Waals surface area contributed by atoms with E-state index in [1.54, 1.807) is 0 Å². The molecule has 0 aromatic rings. The summed E-state index contributed by atoms with van der Waals surface area (Å²) in [5.74, 6) is 0.620. The van der Waals surface area contributed by atoms with Crippen molar-refractivity contribution < 1.29 is 19.4 Å². The standard InChI is InChI=1S/C20H30O4/c1-3-15-6-4-13(10-17(15)19(21)22)8-12(2)20(23)24-18-11-14-5-7-16(18)9-14/h8,13-18H,3-7,9-11H2,1-2H3,(H,21,22). The number of rotatable bonds is 5. The molecule has 4 heteroatoms. The minimum atomic E-state index is -0.692. The van der Waals surface area contributed by atoms with Gasteiger partial charge in [0.05, 0.1) is 5.92 Å². The maximum atomic E-state index is 12.4. The number of allylic oxidation sites excluding steroid dienone is 1. The van der Waals surface area contributed by atoms with Crippen molar-refractivity contribution in [1.29, 1.82) is 0 Å². The summed E-state index contributed by atoms with van der Waals surface area (Å²) < 4.78 is 5.74. The number of hydrogen-bond donors (Lipinski definition) is 1. The number of ether oxygens (including phenoxy) is 1. The van der Waals surface area contributed by atoms with Crippen LogP contribution in [0.25, 0.3) is 0 Å². The Morgan fingerprint density at radius 3 is 2.50 bits per heavy atom. The molecule has 3 aliphatic rings. The van der Waals surface area contributed by atoms with Crippen LogP contribution in [0, 0.1) is 29.6 Å². The Balaban J connectivity index is 1.56. The molecule has 0 saturated heterocycles. The second-order valence-corrected chi connectivity index (χ2v) is 8.15. The van der Waals surface area contributed by atoms with E-state index in [-0.39, 0.29) is 29.8 Å². The zero-order valence-corrected chi connectivity index (χ0v) is 14.9. The lowest BCUT2D eigenvalue weighted by atomic mass is 9.72. The SMILES string of the molecule is CCC1CCC(C=C(C)C(=O)OC2CC3CCC2C3)CC1C(=O)O. The summed E-state index contributed by atoms with van der Waals surface area (Å²) in [6, 6.07) is 0. The number of carboxylic acid groups (broad SMARTS) is 1. The van der Waals surface area contributed by atoms with Crippen LogP contribution in [0.4, 0.5) is 0 Å². The molecule has 3 saturated carbocycles. The molecule has 2 bridgehead atoms. The van der Waals surface area contributed by atoms with Gasteiger partial charge in [-0.1, -0.05) is 19.4 Å². The molecule has 6 atom stereocenters. The maximum Gasteiger partial charge on any atom is 0.333 e. The van der Waals surface area contributed by atoms with E-state index < -0.39 is 5.97 Å². The lowest BCUT2D eigenvalue weighted by molar-refractivity contribution is -0.146. The molecule has 1 N–H and O–H groups in total. The van der Waals surface area contributed by atoms with Gasteiger partial charge in [-0.3, -0.25) is 4.79 Å². The van der Waals surface area contributed by atoms with Gasteiger partial charge in [-0.15, -0.1) is 0 Å². The molecule has 0 aliphatic heterocycles. The molecule has 3 rings (SSSR count). The van der Waals surface area contributed by atoms with Crippen molar-refractivity contribution in [3.63, 3.8) is 0 Å². The van der Waals surface area contributed by atoms with Crippen LogP contribution >= 0.6 is 0 Å². The summed E-state index contributed by atoms with van der Waals surface area (Å²) in [6.45, 7) is 3.88. The molecule has 134 valence electrons. The van der Waals surface area contributed by atoms with Crippen molar-refractivity contribution in [2.75, 3.05) is 0 Å². The van der Waals surface area contributed by atoms with Gasteiger partial charge in [-0.05, 0) is 75.5 Å². The number of esters is 1. The van der Waals surface area contributed by atoms with E-state index in [9.17, 15) is 14.7 Å². The van der Waals surface area contributed by atoms with Gasteiger partial charge in [0.2, 0.25) is 0 Å². The summed E-state index contributed by atoms with van der Waals surface area (Å²) in [5.41, 5.74) is 0.655. The zero-order chi connectivity index (χ0) is 17.3. The maximum absolute atomic E-state index is 12.4. The predicted octanol–water partition coefficient (Wildman–Crippen LogP) is 4.19. The van der Waals surface area contributed by atoms with Gasteiger partial charge in [0.25, 0.3) is 0 Å². The van der Waals surface area contributed by atoms with Crippen molar-refractivity contribution >= 4 is 11.9 Å². The predicted molar refractivity (Wildman–Crippen MR) is 91.3 cm³/mol. The van der Waals surface area contributed by atoms with Gasteiger partial charge in [-0.25, -0.2) is 4.79 Å². The molecule has 24 heavy (non-hydrogen) atoms. The largest absolute Gasteiger partial charge is 0.481 e. The van der Waals surface area contributed by atoms with Crippen LogP contribution in [-0.4, -0.2) is 23.1 Å². The summed E-state index contributed by atoms with van der Waals surface area (Å²) in [4.78, 5) is 23.9. The Morgan fingerprint density at radius 2 is 1.92 bits per heavy atom. The third kappa shape index (κ3) is 3.68.